The third kappa shape index (κ3) is 3.19. The number of nitrogens with one attached hydrogen (secondary N) is 1. The molecular formula is C14H20ClN3O. The molecule has 19 heavy (non-hydrogen) atoms. The molecule has 0 aliphatic carbocycles. The van der Waals surface area contributed by atoms with E-state index >= 15 is 0 Å². The summed E-state index contributed by atoms with van der Waals surface area (Å²) in [6, 6.07) is 4.03. The number of hydrogen-bond acceptors (Lipinski definition) is 3. The van der Waals surface area contributed by atoms with Gasteiger partial charge in [0.1, 0.15) is 5.76 Å². The first-order chi connectivity index (χ1) is 9.13. The van der Waals surface area contributed by atoms with E-state index < -0.39 is 0 Å². The van der Waals surface area contributed by atoms with E-state index in [-0.39, 0.29) is 6.04 Å². The van der Waals surface area contributed by atoms with Gasteiger partial charge in [-0.05, 0) is 32.0 Å². The minimum Gasteiger partial charge on any atom is -0.468 e. The molecule has 0 spiro atoms. The lowest BCUT2D eigenvalue weighted by atomic mass is 10.1. The lowest BCUT2D eigenvalue weighted by molar-refractivity contribution is 0.405. The van der Waals surface area contributed by atoms with Crippen molar-refractivity contribution in [2.75, 3.05) is 6.54 Å². The summed E-state index contributed by atoms with van der Waals surface area (Å²) in [4.78, 5) is 0. The number of aromatic nitrogens is 2. The van der Waals surface area contributed by atoms with Crippen molar-refractivity contribution in [3.63, 3.8) is 0 Å². The van der Waals surface area contributed by atoms with Crippen molar-refractivity contribution < 1.29 is 4.42 Å². The van der Waals surface area contributed by atoms with Gasteiger partial charge in [0.2, 0.25) is 0 Å². The van der Waals surface area contributed by atoms with E-state index in [9.17, 15) is 0 Å². The van der Waals surface area contributed by atoms with Crippen LogP contribution in [0.15, 0.2) is 22.8 Å². The van der Waals surface area contributed by atoms with Crippen LogP contribution in [0.2, 0.25) is 5.02 Å². The molecule has 1 N–H and O–H groups in total. The van der Waals surface area contributed by atoms with Gasteiger partial charge in [-0.1, -0.05) is 18.5 Å². The van der Waals surface area contributed by atoms with Crippen molar-refractivity contribution in [3.05, 3.63) is 40.6 Å². The highest BCUT2D eigenvalue weighted by atomic mass is 35.5. The predicted octanol–water partition coefficient (Wildman–Crippen LogP) is 3.26. The highest BCUT2D eigenvalue weighted by molar-refractivity contribution is 6.31. The molecule has 0 radical (unpaired) electrons. The molecule has 0 aromatic carbocycles. The number of halogens is 1. The van der Waals surface area contributed by atoms with Gasteiger partial charge in [0.25, 0.3) is 0 Å². The molecule has 0 aliphatic heterocycles. The second kappa shape index (κ2) is 6.26. The first-order valence-electron chi connectivity index (χ1n) is 6.58. The number of nitrogens with zero attached hydrogens (tertiary/aromatic N) is 2. The van der Waals surface area contributed by atoms with Crippen molar-refractivity contribution in [2.24, 2.45) is 7.05 Å². The van der Waals surface area contributed by atoms with Crippen LogP contribution in [0.5, 0.6) is 0 Å². The van der Waals surface area contributed by atoms with Crippen LogP contribution in [0, 0.1) is 6.92 Å². The zero-order valence-electron chi connectivity index (χ0n) is 11.6. The van der Waals surface area contributed by atoms with Crippen LogP contribution in [0.4, 0.5) is 0 Å². The van der Waals surface area contributed by atoms with Gasteiger partial charge in [0.15, 0.2) is 0 Å². The molecule has 0 fully saturated rings. The lowest BCUT2D eigenvalue weighted by Gasteiger charge is -2.16. The van der Waals surface area contributed by atoms with Crippen LogP contribution in [0.3, 0.4) is 0 Å². The summed E-state index contributed by atoms with van der Waals surface area (Å²) >= 11 is 6.31. The van der Waals surface area contributed by atoms with Crippen LogP contribution in [-0.2, 0) is 13.5 Å². The Labute approximate surface area is 118 Å². The van der Waals surface area contributed by atoms with Gasteiger partial charge < -0.3 is 9.73 Å². The summed E-state index contributed by atoms with van der Waals surface area (Å²) in [6.45, 7) is 5.01. The summed E-state index contributed by atoms with van der Waals surface area (Å²) in [6.07, 6.45) is 3.55. The molecule has 2 heterocycles. The first-order valence-corrected chi connectivity index (χ1v) is 6.96. The molecule has 0 aliphatic rings. The maximum absolute atomic E-state index is 6.31. The van der Waals surface area contributed by atoms with Crippen molar-refractivity contribution in [3.8, 4) is 0 Å². The SMILES string of the molecule is CCCNC(Cc1c(Cl)c(C)nn1C)c1ccco1. The molecule has 0 saturated heterocycles. The number of aryl methyl sites for hydroxylation is 2. The van der Waals surface area contributed by atoms with Crippen LogP contribution in [-0.4, -0.2) is 16.3 Å². The van der Waals surface area contributed by atoms with Gasteiger partial charge in [0.05, 0.1) is 28.7 Å². The minimum absolute atomic E-state index is 0.127. The van der Waals surface area contributed by atoms with E-state index in [1.807, 2.05) is 30.8 Å². The molecule has 2 rings (SSSR count). The number of furan rings is 1. The van der Waals surface area contributed by atoms with Crippen molar-refractivity contribution in [1.82, 2.24) is 15.1 Å². The maximum Gasteiger partial charge on any atom is 0.121 e. The monoisotopic (exact) mass is 281 g/mol. The Morgan fingerprint density at radius 2 is 2.32 bits per heavy atom. The molecule has 0 amide bonds. The van der Waals surface area contributed by atoms with Gasteiger partial charge in [0, 0.05) is 13.5 Å². The van der Waals surface area contributed by atoms with Crippen molar-refractivity contribution in [1.29, 1.82) is 0 Å². The third-order valence-electron chi connectivity index (χ3n) is 3.19. The number of rotatable bonds is 6. The Balaban J connectivity index is 2.20. The van der Waals surface area contributed by atoms with Crippen LogP contribution in [0.1, 0.15) is 36.5 Å². The largest absolute Gasteiger partial charge is 0.468 e. The topological polar surface area (TPSA) is 43.0 Å². The van der Waals surface area contributed by atoms with E-state index in [0.29, 0.717) is 0 Å². The van der Waals surface area contributed by atoms with Gasteiger partial charge >= 0.3 is 0 Å². The Kier molecular flexibility index (Phi) is 4.66. The Bertz CT molecular complexity index is 519. The van der Waals surface area contributed by atoms with Crippen LogP contribution >= 0.6 is 11.6 Å². The highest BCUT2D eigenvalue weighted by Gasteiger charge is 2.19. The number of hydrogen-bond donors (Lipinski definition) is 1. The molecule has 5 heteroatoms. The zero-order valence-corrected chi connectivity index (χ0v) is 12.4. The van der Waals surface area contributed by atoms with Gasteiger partial charge in [-0.15, -0.1) is 0 Å². The Hall–Kier alpha value is -1.26. The summed E-state index contributed by atoms with van der Waals surface area (Å²) in [5.74, 6) is 0.934. The van der Waals surface area contributed by atoms with Crippen LogP contribution in [0.25, 0.3) is 0 Å². The summed E-state index contributed by atoms with van der Waals surface area (Å²) in [7, 11) is 1.92. The fourth-order valence-electron chi connectivity index (χ4n) is 2.18. The summed E-state index contributed by atoms with van der Waals surface area (Å²) in [5, 5.41) is 8.59. The van der Waals surface area contributed by atoms with Crippen molar-refractivity contribution in [2.45, 2.75) is 32.7 Å². The van der Waals surface area contributed by atoms with Crippen LogP contribution < -0.4 is 5.32 Å². The average Bonchev–Trinajstić information content (AvgIpc) is 2.98. The average molecular weight is 282 g/mol. The molecule has 2 aromatic heterocycles. The maximum atomic E-state index is 6.31. The highest BCUT2D eigenvalue weighted by Crippen LogP contribution is 2.25. The third-order valence-corrected chi connectivity index (χ3v) is 3.68. The Morgan fingerprint density at radius 1 is 1.53 bits per heavy atom. The van der Waals surface area contributed by atoms with E-state index in [0.717, 1.165) is 41.6 Å². The molecule has 2 aromatic rings. The normalized spacial score (nSPS) is 12.8. The van der Waals surface area contributed by atoms with Gasteiger partial charge in [-0.25, -0.2) is 0 Å². The zero-order chi connectivity index (χ0) is 13.8. The summed E-state index contributed by atoms with van der Waals surface area (Å²) in [5.41, 5.74) is 1.90. The molecule has 0 saturated carbocycles. The lowest BCUT2D eigenvalue weighted by Crippen LogP contribution is -2.24. The molecule has 1 unspecified atom stereocenters. The van der Waals surface area contributed by atoms with E-state index in [1.54, 1.807) is 6.26 Å². The molecular weight excluding hydrogens is 262 g/mol. The fraction of sp³-hybridized carbons (Fsp3) is 0.500. The second-order valence-corrected chi connectivity index (χ2v) is 5.07. The smallest absolute Gasteiger partial charge is 0.121 e. The van der Waals surface area contributed by atoms with E-state index in [1.165, 1.54) is 0 Å². The minimum atomic E-state index is 0.127. The molecule has 1 atom stereocenters. The van der Waals surface area contributed by atoms with Crippen molar-refractivity contribution >= 4 is 11.6 Å². The molecule has 104 valence electrons. The predicted molar refractivity (Wildman–Crippen MR) is 76.4 cm³/mol. The quantitative estimate of drug-likeness (QED) is 0.884. The summed E-state index contributed by atoms with van der Waals surface area (Å²) < 4.78 is 7.36. The second-order valence-electron chi connectivity index (χ2n) is 4.70. The Morgan fingerprint density at radius 3 is 2.84 bits per heavy atom. The molecule has 0 bridgehead atoms. The fourth-order valence-corrected chi connectivity index (χ4v) is 2.41. The van der Waals surface area contributed by atoms with Gasteiger partial charge in [-0.3, -0.25) is 4.68 Å². The standard InChI is InChI=1S/C14H20ClN3O/c1-4-7-16-11(13-6-5-8-19-13)9-12-14(15)10(2)17-18(12)3/h5-6,8,11,16H,4,7,9H2,1-3H3. The van der Waals surface area contributed by atoms with E-state index in [4.69, 9.17) is 16.0 Å². The molecule has 4 nitrogen and oxygen atoms in total. The van der Waals surface area contributed by atoms with E-state index in [2.05, 4.69) is 17.3 Å². The van der Waals surface area contributed by atoms with Gasteiger partial charge in [-0.2, -0.15) is 5.10 Å². The first kappa shape index (κ1) is 14.2.